The highest BCUT2D eigenvalue weighted by molar-refractivity contribution is 5.90. The average Bonchev–Trinajstić information content (AvgIpc) is 2.73. The van der Waals surface area contributed by atoms with Gasteiger partial charge in [0.25, 0.3) is 0 Å². The topological polar surface area (TPSA) is 104 Å². The SMILES string of the molecule is CC(C)CC(C)CC(C)CC(C)(C)C(=O)NCCCOC(=O)c1c(F)c(F)c(N=[N+]=[N-])c(F)c1F. The molecule has 1 aromatic carbocycles. The second kappa shape index (κ2) is 13.3. The van der Waals surface area contributed by atoms with Gasteiger partial charge in [-0.15, -0.1) is 0 Å². The van der Waals surface area contributed by atoms with Gasteiger partial charge in [0, 0.05) is 16.9 Å². The van der Waals surface area contributed by atoms with Crippen LogP contribution in [-0.2, 0) is 9.53 Å². The Hall–Kier alpha value is -2.81. The predicted molar refractivity (Wildman–Crippen MR) is 124 cm³/mol. The van der Waals surface area contributed by atoms with Gasteiger partial charge in [-0.3, -0.25) is 4.79 Å². The lowest BCUT2D eigenvalue weighted by atomic mass is 9.78. The first-order valence-electron chi connectivity index (χ1n) is 11.6. The molecule has 0 heterocycles. The number of nitrogens with one attached hydrogen (secondary N) is 1. The third kappa shape index (κ3) is 8.72. The Morgan fingerprint density at radius 3 is 2.09 bits per heavy atom. The first-order valence-corrected chi connectivity index (χ1v) is 11.6. The summed E-state index contributed by atoms with van der Waals surface area (Å²) in [5.41, 5.74) is 4.54. The molecule has 196 valence electrons. The maximum absolute atomic E-state index is 14.0. The number of hydrogen-bond acceptors (Lipinski definition) is 4. The van der Waals surface area contributed by atoms with E-state index in [0.29, 0.717) is 24.2 Å². The maximum atomic E-state index is 14.0. The highest BCUT2D eigenvalue weighted by Gasteiger charge is 2.31. The van der Waals surface area contributed by atoms with E-state index in [0.717, 1.165) is 12.8 Å². The van der Waals surface area contributed by atoms with E-state index in [2.05, 4.69) is 43.0 Å². The molecule has 0 aliphatic heterocycles. The van der Waals surface area contributed by atoms with Crippen LogP contribution in [0.1, 0.15) is 77.6 Å². The Balaban J connectivity index is 2.58. The summed E-state index contributed by atoms with van der Waals surface area (Å²) in [4.78, 5) is 26.6. The summed E-state index contributed by atoms with van der Waals surface area (Å²) >= 11 is 0. The van der Waals surface area contributed by atoms with Crippen LogP contribution in [-0.4, -0.2) is 25.0 Å². The zero-order valence-electron chi connectivity index (χ0n) is 21.1. The fourth-order valence-electron chi connectivity index (χ4n) is 4.32. The smallest absolute Gasteiger partial charge is 0.344 e. The summed E-state index contributed by atoms with van der Waals surface area (Å²) in [5.74, 6) is -8.33. The minimum absolute atomic E-state index is 0.111. The second-order valence-corrected chi connectivity index (χ2v) is 10.1. The third-order valence-corrected chi connectivity index (χ3v) is 5.58. The summed E-state index contributed by atoms with van der Waals surface area (Å²) in [6.07, 6.45) is 2.95. The van der Waals surface area contributed by atoms with Crippen molar-refractivity contribution < 1.29 is 31.9 Å². The Morgan fingerprint density at radius 1 is 1.00 bits per heavy atom. The zero-order valence-corrected chi connectivity index (χ0v) is 21.1. The molecule has 0 aliphatic rings. The number of ether oxygens (including phenoxy) is 1. The molecule has 1 aromatic rings. The molecule has 0 saturated carbocycles. The van der Waals surface area contributed by atoms with E-state index in [1.165, 1.54) is 0 Å². The van der Waals surface area contributed by atoms with Gasteiger partial charge >= 0.3 is 5.97 Å². The molecule has 0 fully saturated rings. The van der Waals surface area contributed by atoms with Crippen molar-refractivity contribution in [1.82, 2.24) is 5.32 Å². The van der Waals surface area contributed by atoms with Crippen LogP contribution in [0.4, 0.5) is 23.2 Å². The summed E-state index contributed by atoms with van der Waals surface area (Å²) in [7, 11) is 0. The quantitative estimate of drug-likeness (QED) is 0.0599. The van der Waals surface area contributed by atoms with Gasteiger partial charge in [-0.2, -0.15) is 0 Å². The number of benzene rings is 1. The van der Waals surface area contributed by atoms with Crippen LogP contribution in [0, 0.1) is 46.4 Å². The lowest BCUT2D eigenvalue weighted by Gasteiger charge is -2.28. The van der Waals surface area contributed by atoms with Gasteiger partial charge in [-0.05, 0) is 49.0 Å². The summed E-state index contributed by atoms with van der Waals surface area (Å²) in [6.45, 7) is 12.2. The average molecular weight is 503 g/mol. The van der Waals surface area contributed by atoms with Crippen molar-refractivity contribution in [2.45, 2.75) is 67.2 Å². The van der Waals surface area contributed by atoms with Crippen LogP contribution in [0.5, 0.6) is 0 Å². The number of carbonyl (C=O) groups excluding carboxylic acids is 2. The Labute approximate surface area is 203 Å². The molecule has 11 heteroatoms. The fraction of sp³-hybridized carbons (Fsp3) is 0.667. The minimum atomic E-state index is -2.02. The van der Waals surface area contributed by atoms with E-state index >= 15 is 0 Å². The molecule has 0 aromatic heterocycles. The lowest BCUT2D eigenvalue weighted by molar-refractivity contribution is -0.130. The van der Waals surface area contributed by atoms with Gasteiger partial charge in [0.15, 0.2) is 23.3 Å². The monoisotopic (exact) mass is 502 g/mol. The van der Waals surface area contributed by atoms with Crippen LogP contribution in [0.15, 0.2) is 5.11 Å². The molecule has 0 bridgehead atoms. The first-order chi connectivity index (χ1) is 16.2. The number of nitrogens with zero attached hydrogens (tertiary/aromatic N) is 3. The van der Waals surface area contributed by atoms with E-state index < -0.39 is 45.9 Å². The van der Waals surface area contributed by atoms with Crippen LogP contribution in [0.25, 0.3) is 10.4 Å². The van der Waals surface area contributed by atoms with Crippen LogP contribution in [0.2, 0.25) is 0 Å². The molecule has 2 unspecified atom stereocenters. The van der Waals surface area contributed by atoms with E-state index in [1.54, 1.807) is 0 Å². The molecular weight excluding hydrogens is 468 g/mol. The van der Waals surface area contributed by atoms with Crippen LogP contribution >= 0.6 is 0 Å². The van der Waals surface area contributed by atoms with Gasteiger partial charge in [0.05, 0.1) is 6.61 Å². The first kappa shape index (κ1) is 30.2. The van der Waals surface area contributed by atoms with Crippen molar-refractivity contribution >= 4 is 17.6 Å². The lowest BCUT2D eigenvalue weighted by Crippen LogP contribution is -2.38. The normalized spacial score (nSPS) is 13.2. The van der Waals surface area contributed by atoms with Gasteiger partial charge in [-0.1, -0.05) is 46.7 Å². The van der Waals surface area contributed by atoms with E-state index in [1.807, 2.05) is 13.8 Å². The van der Waals surface area contributed by atoms with Gasteiger partial charge in [-0.25, -0.2) is 22.4 Å². The summed E-state index contributed by atoms with van der Waals surface area (Å²) < 4.78 is 60.3. The largest absolute Gasteiger partial charge is 0.462 e. The summed E-state index contributed by atoms with van der Waals surface area (Å²) in [5, 5.41) is 5.30. The summed E-state index contributed by atoms with van der Waals surface area (Å²) in [6, 6.07) is 0. The number of esters is 1. The number of hydrogen-bond donors (Lipinski definition) is 1. The number of carbonyl (C=O) groups is 2. The highest BCUT2D eigenvalue weighted by Crippen LogP contribution is 2.32. The number of halogens is 4. The molecular formula is C24H34F4N4O3. The molecule has 2 atom stereocenters. The minimum Gasteiger partial charge on any atom is -0.462 e. The number of azide groups is 1. The molecule has 0 saturated heterocycles. The molecule has 7 nitrogen and oxygen atoms in total. The maximum Gasteiger partial charge on any atom is 0.344 e. The number of amides is 1. The Bertz CT molecular complexity index is 934. The molecule has 0 radical (unpaired) electrons. The molecule has 1 amide bonds. The van der Waals surface area contributed by atoms with Crippen molar-refractivity contribution in [2.75, 3.05) is 13.2 Å². The Morgan fingerprint density at radius 2 is 1.57 bits per heavy atom. The molecule has 35 heavy (non-hydrogen) atoms. The van der Waals surface area contributed by atoms with E-state index in [-0.39, 0.29) is 25.5 Å². The predicted octanol–water partition coefficient (Wildman–Crippen LogP) is 6.97. The molecule has 1 N–H and O–H groups in total. The van der Waals surface area contributed by atoms with Crippen LogP contribution in [0.3, 0.4) is 0 Å². The van der Waals surface area contributed by atoms with Crippen molar-refractivity contribution in [3.05, 3.63) is 39.3 Å². The van der Waals surface area contributed by atoms with Crippen molar-refractivity contribution in [3.8, 4) is 0 Å². The van der Waals surface area contributed by atoms with Crippen LogP contribution < -0.4 is 5.32 Å². The third-order valence-electron chi connectivity index (χ3n) is 5.58. The molecule has 0 aliphatic carbocycles. The van der Waals surface area contributed by atoms with Gasteiger partial charge in [0.1, 0.15) is 11.3 Å². The fourth-order valence-corrected chi connectivity index (χ4v) is 4.32. The Kier molecular flexibility index (Phi) is 11.5. The standard InChI is InChI=1S/C24H34F4N4O3/c1-13(2)10-14(3)11-15(4)12-24(5,6)23(34)30-8-7-9-35-22(33)16-17(25)19(27)21(31-32-29)20(28)18(16)26/h13-15H,7-12H2,1-6H3,(H,30,34). The second-order valence-electron chi connectivity index (χ2n) is 10.1. The van der Waals surface area contributed by atoms with E-state index in [4.69, 9.17) is 10.3 Å². The zero-order chi connectivity index (χ0) is 26.9. The molecule has 0 spiro atoms. The van der Waals surface area contributed by atoms with Gasteiger partial charge < -0.3 is 10.1 Å². The molecule has 1 rings (SSSR count). The van der Waals surface area contributed by atoms with Gasteiger partial charge in [0.2, 0.25) is 5.91 Å². The van der Waals surface area contributed by atoms with E-state index in [9.17, 15) is 27.2 Å². The van der Waals surface area contributed by atoms with Crippen molar-refractivity contribution in [2.24, 2.45) is 28.3 Å². The number of rotatable bonds is 13. The van der Waals surface area contributed by atoms with Crippen molar-refractivity contribution in [1.29, 1.82) is 0 Å². The van der Waals surface area contributed by atoms with Crippen molar-refractivity contribution in [3.63, 3.8) is 0 Å². The highest BCUT2D eigenvalue weighted by atomic mass is 19.2.